The molecule has 0 radical (unpaired) electrons. The molecule has 0 aromatic carbocycles. The van der Waals surface area contributed by atoms with Crippen molar-refractivity contribution in [1.29, 1.82) is 0 Å². The first-order valence-electron chi connectivity index (χ1n) is 20.6. The summed E-state index contributed by atoms with van der Waals surface area (Å²) in [5, 5.41) is 0. The third-order valence-electron chi connectivity index (χ3n) is 9.35. The lowest BCUT2D eigenvalue weighted by Crippen LogP contribution is -2.28. The van der Waals surface area contributed by atoms with E-state index >= 15 is 0 Å². The maximum Gasteiger partial charge on any atom is 0.508 e. The fraction of sp³-hybridized carbons (Fsp3) is 0.976. The molecule has 0 aliphatic heterocycles. The molecule has 1 atom stereocenters. The van der Waals surface area contributed by atoms with Crippen molar-refractivity contribution in [3.63, 3.8) is 0 Å². The van der Waals surface area contributed by atoms with Crippen LogP contribution in [0.15, 0.2) is 0 Å². The number of unbranched alkanes of at least 4 members (excludes halogenated alkanes) is 30. The predicted molar refractivity (Wildman–Crippen MR) is 198 cm³/mol. The van der Waals surface area contributed by atoms with Gasteiger partial charge in [-0.15, -0.1) is 0 Å². The van der Waals surface area contributed by atoms with Crippen LogP contribution in [0.1, 0.15) is 219 Å². The highest BCUT2D eigenvalue weighted by atomic mass is 16.7. The van der Waals surface area contributed by atoms with E-state index in [9.17, 15) is 4.79 Å². The second kappa shape index (κ2) is 40.4. The number of hydrogen-bond acceptors (Lipinski definition) is 5. The summed E-state index contributed by atoms with van der Waals surface area (Å²) in [5.74, 6) is 0. The van der Waals surface area contributed by atoms with Crippen LogP contribution in [-0.2, 0) is 18.9 Å². The van der Waals surface area contributed by atoms with E-state index in [0.29, 0.717) is 13.2 Å². The molecule has 0 fully saturated rings. The summed E-state index contributed by atoms with van der Waals surface area (Å²) in [6, 6.07) is 0. The second-order valence-corrected chi connectivity index (χ2v) is 13.9. The maximum atomic E-state index is 11.5. The summed E-state index contributed by atoms with van der Waals surface area (Å²) < 4.78 is 21.7. The summed E-state index contributed by atoms with van der Waals surface area (Å²) >= 11 is 0. The molecule has 0 aliphatic rings. The van der Waals surface area contributed by atoms with Crippen LogP contribution in [0.4, 0.5) is 4.79 Å². The number of hydrogen-bond donors (Lipinski definition) is 0. The van der Waals surface area contributed by atoms with Crippen molar-refractivity contribution >= 4 is 6.16 Å². The Morgan fingerprint density at radius 3 is 1.04 bits per heavy atom. The van der Waals surface area contributed by atoms with Crippen molar-refractivity contribution in [2.75, 3.05) is 33.5 Å². The highest BCUT2D eigenvalue weighted by molar-refractivity contribution is 5.59. The molecule has 0 rings (SSSR count). The van der Waals surface area contributed by atoms with Gasteiger partial charge in [-0.1, -0.05) is 206 Å². The Hall–Kier alpha value is -0.810. The van der Waals surface area contributed by atoms with E-state index in [4.69, 9.17) is 14.2 Å². The number of ether oxygens (including phenoxy) is 4. The molecule has 0 N–H and O–H groups in total. The maximum absolute atomic E-state index is 11.5. The molecule has 0 saturated carbocycles. The van der Waals surface area contributed by atoms with Crippen LogP contribution in [0.25, 0.3) is 0 Å². The Balaban J connectivity index is 3.60. The second-order valence-electron chi connectivity index (χ2n) is 13.9. The van der Waals surface area contributed by atoms with E-state index in [1.165, 1.54) is 200 Å². The molecule has 0 heterocycles. The van der Waals surface area contributed by atoms with Gasteiger partial charge in [0.05, 0.1) is 13.7 Å². The molecule has 0 aliphatic carbocycles. The Morgan fingerprint density at radius 2 is 0.717 bits per heavy atom. The third-order valence-corrected chi connectivity index (χ3v) is 9.35. The van der Waals surface area contributed by atoms with E-state index < -0.39 is 6.16 Å². The quantitative estimate of drug-likeness (QED) is 0.0487. The summed E-state index contributed by atoms with van der Waals surface area (Å²) in [7, 11) is 1.34. The molecule has 0 aromatic heterocycles. The van der Waals surface area contributed by atoms with Gasteiger partial charge in [0.25, 0.3) is 0 Å². The normalized spacial score (nSPS) is 12.1. The first-order valence-corrected chi connectivity index (χ1v) is 20.6. The lowest BCUT2D eigenvalue weighted by Gasteiger charge is -2.18. The van der Waals surface area contributed by atoms with Crippen molar-refractivity contribution in [3.8, 4) is 0 Å². The Kier molecular flexibility index (Phi) is 39.7. The van der Waals surface area contributed by atoms with Gasteiger partial charge in [-0.3, -0.25) is 0 Å². The summed E-state index contributed by atoms with van der Waals surface area (Å²) in [6.07, 6.45) is 42.8. The molecule has 0 spiro atoms. The Labute approximate surface area is 288 Å². The summed E-state index contributed by atoms with van der Waals surface area (Å²) in [4.78, 5) is 11.5. The minimum absolute atomic E-state index is 0.185. The van der Waals surface area contributed by atoms with Gasteiger partial charge in [0, 0.05) is 13.2 Å². The van der Waals surface area contributed by atoms with Crippen molar-refractivity contribution in [3.05, 3.63) is 0 Å². The van der Waals surface area contributed by atoms with Crippen molar-refractivity contribution in [1.82, 2.24) is 0 Å². The van der Waals surface area contributed by atoms with Crippen molar-refractivity contribution in [2.24, 2.45) is 0 Å². The molecule has 0 saturated heterocycles. The zero-order valence-corrected chi connectivity index (χ0v) is 31.6. The molecule has 5 nitrogen and oxygen atoms in total. The zero-order chi connectivity index (χ0) is 33.4. The van der Waals surface area contributed by atoms with Gasteiger partial charge in [-0.25, -0.2) is 4.79 Å². The van der Waals surface area contributed by atoms with Crippen molar-refractivity contribution < 1.29 is 23.7 Å². The van der Waals surface area contributed by atoms with E-state index in [1.807, 2.05) is 0 Å². The van der Waals surface area contributed by atoms with Crippen LogP contribution < -0.4 is 0 Å². The van der Waals surface area contributed by atoms with Gasteiger partial charge in [0.15, 0.2) is 0 Å². The van der Waals surface area contributed by atoms with E-state index in [-0.39, 0.29) is 12.7 Å². The number of carbonyl (C=O) groups is 1. The van der Waals surface area contributed by atoms with Gasteiger partial charge in [-0.05, 0) is 12.8 Å². The largest absolute Gasteiger partial charge is 0.508 e. The zero-order valence-electron chi connectivity index (χ0n) is 31.6. The minimum Gasteiger partial charge on any atom is -0.438 e. The fourth-order valence-corrected chi connectivity index (χ4v) is 6.23. The van der Waals surface area contributed by atoms with Crippen LogP contribution in [0, 0.1) is 0 Å². The lowest BCUT2D eigenvalue weighted by atomic mass is 10.0. The predicted octanol–water partition coefficient (Wildman–Crippen LogP) is 13.7. The average molecular weight is 655 g/mol. The van der Waals surface area contributed by atoms with E-state index in [0.717, 1.165) is 19.4 Å². The van der Waals surface area contributed by atoms with Crippen LogP contribution in [0.2, 0.25) is 0 Å². The summed E-state index contributed by atoms with van der Waals surface area (Å²) in [6.45, 7) is 6.66. The monoisotopic (exact) mass is 655 g/mol. The molecular formula is C41H82O5. The summed E-state index contributed by atoms with van der Waals surface area (Å²) in [5.41, 5.74) is 0. The van der Waals surface area contributed by atoms with Gasteiger partial charge < -0.3 is 18.9 Å². The van der Waals surface area contributed by atoms with Gasteiger partial charge in [0.1, 0.15) is 12.7 Å². The molecule has 46 heavy (non-hydrogen) atoms. The molecular weight excluding hydrogens is 572 g/mol. The first-order chi connectivity index (χ1) is 22.7. The minimum atomic E-state index is -0.659. The van der Waals surface area contributed by atoms with Crippen LogP contribution >= 0.6 is 0 Å². The van der Waals surface area contributed by atoms with Gasteiger partial charge in [-0.2, -0.15) is 0 Å². The van der Waals surface area contributed by atoms with Crippen LogP contribution in [0.5, 0.6) is 0 Å². The SMILES string of the molecule is CCCCCCCCCCCCCCCCCCOCC(COC(=O)OC)OCCCCCCCCCCCCCCCCCC. The first kappa shape index (κ1) is 45.2. The molecule has 0 amide bonds. The molecule has 276 valence electrons. The average Bonchev–Trinajstić information content (AvgIpc) is 3.07. The highest BCUT2D eigenvalue weighted by Crippen LogP contribution is 2.15. The lowest BCUT2D eigenvalue weighted by molar-refractivity contribution is -0.0546. The van der Waals surface area contributed by atoms with Crippen LogP contribution in [0.3, 0.4) is 0 Å². The molecule has 5 heteroatoms. The number of carbonyl (C=O) groups excluding carboxylic acids is 1. The van der Waals surface area contributed by atoms with Crippen LogP contribution in [-0.4, -0.2) is 45.8 Å². The Morgan fingerprint density at radius 1 is 0.413 bits per heavy atom. The standard InChI is InChI=1S/C41H82O5/c1-4-6-8-10-12-14-16-18-20-22-24-26-28-30-32-34-36-44-38-40(39-46-41(42)43-3)45-37-35-33-31-29-27-25-23-21-19-17-15-13-11-9-7-5-2/h40H,4-39H2,1-3H3. The third kappa shape index (κ3) is 37.6. The van der Waals surface area contributed by atoms with Gasteiger partial charge >= 0.3 is 6.16 Å². The van der Waals surface area contributed by atoms with Crippen molar-refractivity contribution in [2.45, 2.75) is 225 Å². The van der Waals surface area contributed by atoms with E-state index in [1.54, 1.807) is 0 Å². The van der Waals surface area contributed by atoms with Gasteiger partial charge in [0.2, 0.25) is 0 Å². The highest BCUT2D eigenvalue weighted by Gasteiger charge is 2.13. The molecule has 0 bridgehead atoms. The number of methoxy groups -OCH3 is 1. The number of rotatable bonds is 39. The Bertz CT molecular complexity index is 569. The topological polar surface area (TPSA) is 54.0 Å². The van der Waals surface area contributed by atoms with E-state index in [2.05, 4.69) is 18.6 Å². The molecule has 0 aromatic rings. The molecule has 1 unspecified atom stereocenters. The fourth-order valence-electron chi connectivity index (χ4n) is 6.23. The smallest absolute Gasteiger partial charge is 0.438 e.